The van der Waals surface area contributed by atoms with E-state index in [1.165, 1.54) is 6.07 Å². The summed E-state index contributed by atoms with van der Waals surface area (Å²) >= 11 is 9.26. The van der Waals surface area contributed by atoms with Crippen LogP contribution in [0.15, 0.2) is 16.6 Å². The first-order valence-corrected chi connectivity index (χ1v) is 8.22. The van der Waals surface area contributed by atoms with Gasteiger partial charge in [0.15, 0.2) is 0 Å². The molecule has 0 bridgehead atoms. The summed E-state index contributed by atoms with van der Waals surface area (Å²) in [7, 11) is 0. The number of benzene rings is 1. The maximum Gasteiger partial charge on any atom is 0.139 e. The van der Waals surface area contributed by atoms with Gasteiger partial charge in [0.25, 0.3) is 0 Å². The van der Waals surface area contributed by atoms with Gasteiger partial charge in [0.2, 0.25) is 0 Å². The van der Waals surface area contributed by atoms with E-state index in [9.17, 15) is 4.39 Å². The van der Waals surface area contributed by atoms with E-state index >= 15 is 0 Å². The van der Waals surface area contributed by atoms with Gasteiger partial charge in [0, 0.05) is 12.1 Å². The lowest BCUT2D eigenvalue weighted by atomic mass is 10.00. The molecule has 2 atom stereocenters. The molecule has 0 N–H and O–H groups in total. The molecule has 0 aliphatic heterocycles. The monoisotopic (exact) mass is 360 g/mol. The average molecular weight is 362 g/mol. The second-order valence-corrected chi connectivity index (χ2v) is 6.51. The predicted octanol–water partition coefficient (Wildman–Crippen LogP) is 5.67. The maximum absolute atomic E-state index is 13.6. The van der Waals surface area contributed by atoms with Gasteiger partial charge in [-0.15, -0.1) is 11.6 Å². The Kier molecular flexibility index (Phi) is 5.08. The van der Waals surface area contributed by atoms with Crippen LogP contribution < -0.4 is 0 Å². The zero-order valence-electron chi connectivity index (χ0n) is 12.0. The van der Waals surface area contributed by atoms with Crippen molar-refractivity contribution in [1.29, 1.82) is 0 Å². The summed E-state index contributed by atoms with van der Waals surface area (Å²) in [4.78, 5) is 4.46. The minimum Gasteiger partial charge on any atom is -0.324 e. The largest absolute Gasteiger partial charge is 0.324 e. The summed E-state index contributed by atoms with van der Waals surface area (Å²) in [6.07, 6.45) is 2.20. The molecule has 0 aliphatic rings. The van der Waals surface area contributed by atoms with Gasteiger partial charge in [-0.05, 0) is 41.3 Å². The molecule has 1 aromatic carbocycles. The van der Waals surface area contributed by atoms with Crippen molar-refractivity contribution in [1.82, 2.24) is 9.55 Å². The van der Waals surface area contributed by atoms with Gasteiger partial charge < -0.3 is 4.57 Å². The minimum atomic E-state index is -0.294. The molecule has 0 radical (unpaired) electrons. The summed E-state index contributed by atoms with van der Waals surface area (Å²) < 4.78 is 16.2. The predicted molar refractivity (Wildman–Crippen MR) is 85.7 cm³/mol. The molecule has 0 spiro atoms. The Bertz CT molecular complexity index is 611. The minimum absolute atomic E-state index is 0.293. The van der Waals surface area contributed by atoms with Crippen LogP contribution in [0.25, 0.3) is 11.0 Å². The average Bonchev–Trinajstić information content (AvgIpc) is 2.76. The molecule has 0 saturated carbocycles. The van der Waals surface area contributed by atoms with Crippen LogP contribution in [0.4, 0.5) is 4.39 Å². The lowest BCUT2D eigenvalue weighted by Crippen LogP contribution is -2.11. The molecule has 110 valence electrons. The van der Waals surface area contributed by atoms with Crippen LogP contribution in [0.5, 0.6) is 0 Å². The highest BCUT2D eigenvalue weighted by Gasteiger charge is 2.18. The Balaban J connectivity index is 2.52. The van der Waals surface area contributed by atoms with E-state index in [1.807, 2.05) is 0 Å². The second kappa shape index (κ2) is 6.44. The Morgan fingerprint density at radius 3 is 2.70 bits per heavy atom. The highest BCUT2D eigenvalue weighted by molar-refractivity contribution is 9.10. The van der Waals surface area contributed by atoms with Crippen molar-refractivity contribution in [3.63, 3.8) is 0 Å². The van der Waals surface area contributed by atoms with Gasteiger partial charge in [0.1, 0.15) is 11.6 Å². The Morgan fingerprint density at radius 2 is 2.10 bits per heavy atom. The van der Waals surface area contributed by atoms with E-state index in [0.29, 0.717) is 27.8 Å². The summed E-state index contributed by atoms with van der Waals surface area (Å²) in [5.41, 5.74) is 1.60. The maximum atomic E-state index is 13.6. The molecular formula is C15H19BrClFN2. The van der Waals surface area contributed by atoms with E-state index in [1.54, 1.807) is 6.07 Å². The van der Waals surface area contributed by atoms with E-state index < -0.39 is 0 Å². The van der Waals surface area contributed by atoms with Crippen molar-refractivity contribution in [3.05, 3.63) is 28.2 Å². The summed E-state index contributed by atoms with van der Waals surface area (Å²) in [6.45, 7) is 6.60. The third kappa shape index (κ3) is 3.01. The summed E-state index contributed by atoms with van der Waals surface area (Å²) in [6, 6.07) is 3.55. The van der Waals surface area contributed by atoms with Crippen LogP contribution in [-0.2, 0) is 5.88 Å². The number of halogens is 3. The van der Waals surface area contributed by atoms with Crippen LogP contribution in [0.2, 0.25) is 0 Å². The lowest BCUT2D eigenvalue weighted by Gasteiger charge is -2.20. The van der Waals surface area contributed by atoms with Gasteiger partial charge in [-0.2, -0.15) is 0 Å². The third-order valence-corrected chi connectivity index (χ3v) is 4.65. The molecular weight excluding hydrogens is 343 g/mol. The Hall–Kier alpha value is -0.610. The molecule has 2 unspecified atom stereocenters. The van der Waals surface area contributed by atoms with Gasteiger partial charge in [0.05, 0.1) is 21.4 Å². The van der Waals surface area contributed by atoms with Crippen molar-refractivity contribution in [2.45, 2.75) is 45.5 Å². The molecule has 5 heteroatoms. The molecule has 1 heterocycles. The van der Waals surface area contributed by atoms with Crippen LogP contribution in [0, 0.1) is 11.7 Å². The number of hydrogen-bond donors (Lipinski definition) is 0. The number of hydrogen-bond acceptors (Lipinski definition) is 1. The normalized spacial score (nSPS) is 14.7. The first-order valence-electron chi connectivity index (χ1n) is 6.89. The third-order valence-electron chi connectivity index (χ3n) is 3.81. The molecule has 2 aromatic rings. The molecule has 0 fully saturated rings. The molecule has 0 amide bonds. The molecule has 2 nitrogen and oxygen atoms in total. The topological polar surface area (TPSA) is 17.8 Å². The van der Waals surface area contributed by atoms with Gasteiger partial charge >= 0.3 is 0 Å². The molecule has 1 aromatic heterocycles. The van der Waals surface area contributed by atoms with Crippen LogP contribution in [0.3, 0.4) is 0 Å². The first-order chi connectivity index (χ1) is 9.47. The van der Waals surface area contributed by atoms with E-state index in [-0.39, 0.29) is 5.82 Å². The highest BCUT2D eigenvalue weighted by Crippen LogP contribution is 2.30. The van der Waals surface area contributed by atoms with Crippen molar-refractivity contribution < 1.29 is 4.39 Å². The lowest BCUT2D eigenvalue weighted by molar-refractivity contribution is 0.399. The molecule has 0 saturated heterocycles. The van der Waals surface area contributed by atoms with Crippen LogP contribution >= 0.6 is 27.5 Å². The molecule has 20 heavy (non-hydrogen) atoms. The fourth-order valence-corrected chi connectivity index (χ4v) is 3.10. The van der Waals surface area contributed by atoms with Crippen molar-refractivity contribution >= 4 is 38.6 Å². The zero-order valence-corrected chi connectivity index (χ0v) is 14.3. The number of alkyl halides is 1. The first kappa shape index (κ1) is 15.8. The van der Waals surface area contributed by atoms with Gasteiger partial charge in [-0.1, -0.05) is 20.3 Å². The van der Waals surface area contributed by atoms with Crippen LogP contribution in [0.1, 0.15) is 45.5 Å². The number of nitrogens with zero attached hydrogens (tertiary/aromatic N) is 2. The van der Waals surface area contributed by atoms with E-state index in [4.69, 9.17) is 11.6 Å². The summed E-state index contributed by atoms with van der Waals surface area (Å²) in [5, 5.41) is 0. The van der Waals surface area contributed by atoms with E-state index in [2.05, 4.69) is 46.3 Å². The molecule has 2 rings (SSSR count). The van der Waals surface area contributed by atoms with Gasteiger partial charge in [-0.3, -0.25) is 0 Å². The van der Waals surface area contributed by atoms with Crippen LogP contribution in [-0.4, -0.2) is 9.55 Å². The fourth-order valence-electron chi connectivity index (χ4n) is 2.58. The summed E-state index contributed by atoms with van der Waals surface area (Å²) in [5.74, 6) is 1.47. The van der Waals surface area contributed by atoms with Crippen molar-refractivity contribution in [3.8, 4) is 0 Å². The van der Waals surface area contributed by atoms with E-state index in [0.717, 1.165) is 24.2 Å². The fraction of sp³-hybridized carbons (Fsp3) is 0.533. The SMILES string of the molecule is CCC(C)CC(C)n1c(CCl)nc2cc(F)c(Br)cc21. The second-order valence-electron chi connectivity index (χ2n) is 5.38. The quantitative estimate of drug-likeness (QED) is 0.627. The smallest absolute Gasteiger partial charge is 0.139 e. The highest BCUT2D eigenvalue weighted by atomic mass is 79.9. The van der Waals surface area contributed by atoms with Crippen molar-refractivity contribution in [2.24, 2.45) is 5.92 Å². The Morgan fingerprint density at radius 1 is 1.40 bits per heavy atom. The van der Waals surface area contributed by atoms with Crippen molar-refractivity contribution in [2.75, 3.05) is 0 Å². The number of fused-ring (bicyclic) bond motifs is 1. The standard InChI is InChI=1S/C15H19BrClFN2/c1-4-9(2)5-10(3)20-14-6-11(16)12(18)7-13(14)19-15(20)8-17/h6-7,9-10H,4-5,8H2,1-3H3. The number of rotatable bonds is 5. The molecule has 0 aliphatic carbocycles. The number of imidazole rings is 1. The zero-order chi connectivity index (χ0) is 14.9. The number of aromatic nitrogens is 2. The van der Waals surface area contributed by atoms with Gasteiger partial charge in [-0.25, -0.2) is 9.37 Å². The Labute approximate surface area is 132 Å².